The first-order valence-corrected chi connectivity index (χ1v) is 7.72. The van der Waals surface area contributed by atoms with Gasteiger partial charge in [-0.3, -0.25) is 0 Å². The second-order valence-electron chi connectivity index (χ2n) is 5.28. The molecule has 1 aromatic carbocycles. The van der Waals surface area contributed by atoms with E-state index >= 15 is 0 Å². The largest absolute Gasteiger partial charge is 0.360 e. The number of nitrogens with one attached hydrogen (secondary N) is 1. The zero-order chi connectivity index (χ0) is 15.8. The summed E-state index contributed by atoms with van der Waals surface area (Å²) in [4.78, 5) is 10.8. The van der Waals surface area contributed by atoms with Crippen LogP contribution in [-0.4, -0.2) is 30.1 Å². The van der Waals surface area contributed by atoms with Gasteiger partial charge in [-0.2, -0.15) is 4.98 Å². The zero-order valence-electron chi connectivity index (χ0n) is 13.2. The van der Waals surface area contributed by atoms with E-state index in [2.05, 4.69) is 27.1 Å². The molecule has 0 aliphatic rings. The first-order valence-electron chi connectivity index (χ1n) is 7.72. The molecule has 0 aliphatic carbocycles. The third-order valence-corrected chi connectivity index (χ3v) is 3.51. The number of hydrogen-bond donors (Lipinski definition) is 1. The number of aromatic nitrogens is 2. The predicted molar refractivity (Wildman–Crippen MR) is 88.8 cm³/mol. The van der Waals surface area contributed by atoms with Gasteiger partial charge in [0.25, 0.3) is 0 Å². The molecule has 0 saturated heterocycles. The van der Waals surface area contributed by atoms with Gasteiger partial charge in [0.1, 0.15) is 11.6 Å². The van der Waals surface area contributed by atoms with Crippen LogP contribution in [0.15, 0.2) is 36.5 Å². The topological polar surface area (TPSA) is 41.1 Å². The van der Waals surface area contributed by atoms with Gasteiger partial charge in [0.05, 0.1) is 0 Å². The molecule has 2 rings (SSSR count). The molecule has 0 aliphatic heterocycles. The highest BCUT2D eigenvalue weighted by molar-refractivity contribution is 5.41. The van der Waals surface area contributed by atoms with Crippen molar-refractivity contribution in [2.24, 2.45) is 0 Å². The van der Waals surface area contributed by atoms with Crippen LogP contribution in [0.3, 0.4) is 0 Å². The highest BCUT2D eigenvalue weighted by atomic mass is 19.1. The smallest absolute Gasteiger partial charge is 0.224 e. The molecule has 0 bridgehead atoms. The van der Waals surface area contributed by atoms with Crippen LogP contribution in [0.25, 0.3) is 0 Å². The maximum atomic E-state index is 13.5. The number of hydrogen-bond acceptors (Lipinski definition) is 4. The lowest BCUT2D eigenvalue weighted by molar-refractivity contribution is 0.610. The molecule has 0 unspecified atom stereocenters. The highest BCUT2D eigenvalue weighted by Crippen LogP contribution is 2.12. The van der Waals surface area contributed by atoms with E-state index < -0.39 is 0 Å². The lowest BCUT2D eigenvalue weighted by atomic mass is 10.1. The third kappa shape index (κ3) is 4.69. The van der Waals surface area contributed by atoms with E-state index in [0.29, 0.717) is 24.5 Å². The van der Waals surface area contributed by atoms with E-state index in [9.17, 15) is 4.39 Å². The van der Waals surface area contributed by atoms with Gasteiger partial charge >= 0.3 is 0 Å². The molecular formula is C17H23FN4. The van der Waals surface area contributed by atoms with Crippen LogP contribution in [0.5, 0.6) is 0 Å². The first-order chi connectivity index (χ1) is 10.7. The molecule has 118 valence electrons. The molecule has 5 heteroatoms. The van der Waals surface area contributed by atoms with E-state index in [1.165, 1.54) is 6.07 Å². The van der Waals surface area contributed by atoms with Crippen molar-refractivity contribution in [3.63, 3.8) is 0 Å². The fourth-order valence-corrected chi connectivity index (χ4v) is 2.17. The van der Waals surface area contributed by atoms with Crippen molar-refractivity contribution in [1.82, 2.24) is 9.97 Å². The summed E-state index contributed by atoms with van der Waals surface area (Å²) in [5.74, 6) is 1.31. The Kier molecular flexibility index (Phi) is 6.13. The van der Waals surface area contributed by atoms with Crippen molar-refractivity contribution in [3.05, 3.63) is 47.9 Å². The summed E-state index contributed by atoms with van der Waals surface area (Å²) in [5, 5.41) is 3.16. The Morgan fingerprint density at radius 2 is 2.05 bits per heavy atom. The van der Waals surface area contributed by atoms with Gasteiger partial charge in [0.15, 0.2) is 0 Å². The van der Waals surface area contributed by atoms with Crippen LogP contribution in [-0.2, 0) is 6.42 Å². The van der Waals surface area contributed by atoms with Crippen molar-refractivity contribution >= 4 is 11.8 Å². The molecule has 0 spiro atoms. The number of nitrogens with zero attached hydrogens (tertiary/aromatic N) is 3. The van der Waals surface area contributed by atoms with Crippen LogP contribution >= 0.6 is 0 Å². The molecule has 0 amide bonds. The fourth-order valence-electron chi connectivity index (χ4n) is 2.17. The Hall–Kier alpha value is -2.17. The molecule has 0 radical (unpaired) electrons. The Morgan fingerprint density at radius 3 is 2.82 bits per heavy atom. The van der Waals surface area contributed by atoms with E-state index in [1.54, 1.807) is 18.3 Å². The van der Waals surface area contributed by atoms with Gasteiger partial charge in [-0.1, -0.05) is 31.5 Å². The molecule has 1 N–H and O–H groups in total. The van der Waals surface area contributed by atoms with Crippen molar-refractivity contribution in [1.29, 1.82) is 0 Å². The van der Waals surface area contributed by atoms with E-state index in [1.807, 2.05) is 19.2 Å². The molecule has 1 heterocycles. The van der Waals surface area contributed by atoms with Crippen LogP contribution in [0.2, 0.25) is 0 Å². The van der Waals surface area contributed by atoms with E-state index in [4.69, 9.17) is 0 Å². The average molecular weight is 302 g/mol. The number of anilines is 2. The van der Waals surface area contributed by atoms with Crippen molar-refractivity contribution in [2.45, 2.75) is 26.2 Å². The zero-order valence-corrected chi connectivity index (χ0v) is 13.2. The van der Waals surface area contributed by atoms with Gasteiger partial charge in [-0.25, -0.2) is 9.37 Å². The summed E-state index contributed by atoms with van der Waals surface area (Å²) < 4.78 is 13.5. The monoisotopic (exact) mass is 302 g/mol. The normalized spacial score (nSPS) is 10.5. The Bertz CT molecular complexity index is 588. The number of unbranched alkanes of at least 4 members (excludes halogenated alkanes) is 1. The van der Waals surface area contributed by atoms with Gasteiger partial charge in [0, 0.05) is 26.3 Å². The molecule has 0 saturated carbocycles. The van der Waals surface area contributed by atoms with Gasteiger partial charge < -0.3 is 10.2 Å². The SMILES string of the molecule is CCCCN(C)c1ccnc(NCCc2ccccc2F)n1. The summed E-state index contributed by atoms with van der Waals surface area (Å²) >= 11 is 0. The average Bonchev–Trinajstić information content (AvgIpc) is 2.54. The minimum absolute atomic E-state index is 0.168. The lowest BCUT2D eigenvalue weighted by Crippen LogP contribution is -2.20. The standard InChI is InChI=1S/C17H23FN4/c1-3-4-13-22(2)16-10-12-20-17(21-16)19-11-9-14-7-5-6-8-15(14)18/h5-8,10,12H,3-4,9,11,13H2,1-2H3,(H,19,20,21). The number of rotatable bonds is 8. The summed E-state index contributed by atoms with van der Waals surface area (Å²) in [5.41, 5.74) is 0.700. The van der Waals surface area contributed by atoms with E-state index in [-0.39, 0.29) is 5.82 Å². The summed E-state index contributed by atoms with van der Waals surface area (Å²) in [6.45, 7) is 3.74. The summed E-state index contributed by atoms with van der Waals surface area (Å²) in [6, 6.07) is 8.73. The molecule has 22 heavy (non-hydrogen) atoms. The van der Waals surface area contributed by atoms with Crippen LogP contribution in [0.1, 0.15) is 25.3 Å². The van der Waals surface area contributed by atoms with Crippen molar-refractivity contribution in [3.8, 4) is 0 Å². The van der Waals surface area contributed by atoms with Crippen molar-refractivity contribution < 1.29 is 4.39 Å². The van der Waals surface area contributed by atoms with Crippen molar-refractivity contribution in [2.75, 3.05) is 30.4 Å². The number of halogens is 1. The van der Waals surface area contributed by atoms with Gasteiger partial charge in [0.2, 0.25) is 5.95 Å². The molecule has 0 atom stereocenters. The summed E-state index contributed by atoms with van der Waals surface area (Å²) in [6.07, 6.45) is 4.64. The second-order valence-corrected chi connectivity index (χ2v) is 5.28. The minimum atomic E-state index is -0.168. The highest BCUT2D eigenvalue weighted by Gasteiger charge is 2.05. The molecule has 2 aromatic rings. The molecular weight excluding hydrogens is 279 g/mol. The quantitative estimate of drug-likeness (QED) is 0.810. The van der Waals surface area contributed by atoms with E-state index in [0.717, 1.165) is 25.2 Å². The van der Waals surface area contributed by atoms with Crippen LogP contribution in [0, 0.1) is 5.82 Å². The maximum Gasteiger partial charge on any atom is 0.224 e. The fraction of sp³-hybridized carbons (Fsp3) is 0.412. The summed E-state index contributed by atoms with van der Waals surface area (Å²) in [7, 11) is 2.03. The van der Waals surface area contributed by atoms with Crippen LogP contribution in [0.4, 0.5) is 16.2 Å². The van der Waals surface area contributed by atoms with Gasteiger partial charge in [-0.15, -0.1) is 0 Å². The Morgan fingerprint density at radius 1 is 1.23 bits per heavy atom. The Labute approximate surface area is 131 Å². The molecule has 4 nitrogen and oxygen atoms in total. The molecule has 0 fully saturated rings. The lowest BCUT2D eigenvalue weighted by Gasteiger charge is -2.18. The number of benzene rings is 1. The maximum absolute atomic E-state index is 13.5. The third-order valence-electron chi connectivity index (χ3n) is 3.51. The minimum Gasteiger partial charge on any atom is -0.360 e. The van der Waals surface area contributed by atoms with Crippen LogP contribution < -0.4 is 10.2 Å². The van der Waals surface area contributed by atoms with Gasteiger partial charge in [-0.05, 0) is 30.5 Å². The predicted octanol–water partition coefficient (Wildman–Crippen LogP) is 3.51. The Balaban J connectivity index is 1.89. The molecule has 1 aromatic heterocycles. The first kappa shape index (κ1) is 16.2. The second kappa shape index (κ2) is 8.32.